The minimum Gasteiger partial charge on any atom is -0.338 e. The van der Waals surface area contributed by atoms with Gasteiger partial charge in [0, 0.05) is 0 Å². The second kappa shape index (κ2) is 5.48. The van der Waals surface area contributed by atoms with E-state index in [1.807, 2.05) is 0 Å². The summed E-state index contributed by atoms with van der Waals surface area (Å²) in [6.45, 7) is 8.16. The SMILES string of the molecule is CC(C)[C@H](N)C(=O)NC(C)(C(C)C)P(=O)(O)O. The van der Waals surface area contributed by atoms with Gasteiger partial charge in [-0.05, 0) is 18.8 Å². The number of hydrogen-bond donors (Lipinski definition) is 4. The van der Waals surface area contributed by atoms with Crippen LogP contribution in [0.5, 0.6) is 0 Å². The summed E-state index contributed by atoms with van der Waals surface area (Å²) in [5.74, 6) is -1.05. The minimum atomic E-state index is -4.46. The summed E-state index contributed by atoms with van der Waals surface area (Å²) in [6.07, 6.45) is 0. The Bertz CT molecular complexity index is 326. The maximum Gasteiger partial charge on any atom is 0.350 e. The molecule has 2 atom stereocenters. The summed E-state index contributed by atoms with van der Waals surface area (Å²) in [7, 11) is -4.46. The Labute approximate surface area is 102 Å². The average Bonchev–Trinajstić information content (AvgIpc) is 2.13. The van der Waals surface area contributed by atoms with Gasteiger partial charge in [-0.1, -0.05) is 27.7 Å². The lowest BCUT2D eigenvalue weighted by atomic mass is 10.0. The number of nitrogens with one attached hydrogen (secondary N) is 1. The summed E-state index contributed by atoms with van der Waals surface area (Å²) in [6, 6.07) is -0.778. The number of rotatable bonds is 5. The van der Waals surface area contributed by atoms with Crippen LogP contribution >= 0.6 is 7.60 Å². The van der Waals surface area contributed by atoms with E-state index in [0.29, 0.717) is 0 Å². The normalized spacial score (nSPS) is 18.0. The lowest BCUT2D eigenvalue weighted by molar-refractivity contribution is -0.124. The molecule has 7 heteroatoms. The van der Waals surface area contributed by atoms with Gasteiger partial charge in [-0.15, -0.1) is 0 Å². The predicted molar refractivity (Wildman–Crippen MR) is 66.2 cm³/mol. The fourth-order valence-electron chi connectivity index (χ4n) is 1.19. The second-order valence-electron chi connectivity index (χ2n) is 5.11. The van der Waals surface area contributed by atoms with E-state index in [0.717, 1.165) is 0 Å². The van der Waals surface area contributed by atoms with Gasteiger partial charge < -0.3 is 20.8 Å². The molecule has 0 aromatic heterocycles. The molecule has 0 aromatic rings. The first-order chi connectivity index (χ1) is 7.43. The maximum atomic E-state index is 11.8. The average molecular weight is 266 g/mol. The third-order valence-corrected chi connectivity index (χ3v) is 4.96. The van der Waals surface area contributed by atoms with Crippen molar-refractivity contribution in [3.63, 3.8) is 0 Å². The van der Waals surface area contributed by atoms with Gasteiger partial charge in [0.05, 0.1) is 6.04 Å². The van der Waals surface area contributed by atoms with Crippen LogP contribution in [0, 0.1) is 11.8 Å². The van der Waals surface area contributed by atoms with E-state index >= 15 is 0 Å². The largest absolute Gasteiger partial charge is 0.350 e. The van der Waals surface area contributed by atoms with Gasteiger partial charge >= 0.3 is 7.60 Å². The summed E-state index contributed by atoms with van der Waals surface area (Å²) < 4.78 is 11.5. The fraction of sp³-hybridized carbons (Fsp3) is 0.900. The van der Waals surface area contributed by atoms with Crippen molar-refractivity contribution in [3.8, 4) is 0 Å². The van der Waals surface area contributed by atoms with Crippen molar-refractivity contribution in [3.05, 3.63) is 0 Å². The quantitative estimate of drug-likeness (QED) is 0.545. The molecule has 0 aromatic carbocycles. The van der Waals surface area contributed by atoms with Gasteiger partial charge in [0.1, 0.15) is 5.28 Å². The first-order valence-electron chi connectivity index (χ1n) is 5.56. The van der Waals surface area contributed by atoms with E-state index < -0.39 is 30.7 Å². The molecule has 6 nitrogen and oxygen atoms in total. The Morgan fingerprint density at radius 3 is 1.94 bits per heavy atom. The standard InChI is InChI=1S/C10H23N2O4P/c1-6(2)8(11)9(13)12-10(5,7(3)4)17(14,15)16/h6-8H,11H2,1-5H3,(H,12,13)(H2,14,15,16)/t8-,10?/m0/s1. The number of hydrogen-bond acceptors (Lipinski definition) is 3. The molecule has 0 rings (SSSR count). The summed E-state index contributed by atoms with van der Waals surface area (Å²) in [5.41, 5.74) is 5.65. The van der Waals surface area contributed by atoms with Crippen LogP contribution in [0.4, 0.5) is 0 Å². The third kappa shape index (κ3) is 3.78. The molecular weight excluding hydrogens is 243 g/mol. The summed E-state index contributed by atoms with van der Waals surface area (Å²) in [5, 5.41) is 0.800. The molecule has 102 valence electrons. The Morgan fingerprint density at radius 2 is 1.71 bits per heavy atom. The molecule has 1 amide bonds. The van der Waals surface area contributed by atoms with Crippen LogP contribution in [-0.4, -0.2) is 27.0 Å². The van der Waals surface area contributed by atoms with Gasteiger partial charge in [-0.3, -0.25) is 9.36 Å². The van der Waals surface area contributed by atoms with Crippen LogP contribution in [0.3, 0.4) is 0 Å². The topological polar surface area (TPSA) is 113 Å². The van der Waals surface area contributed by atoms with Crippen LogP contribution in [0.15, 0.2) is 0 Å². The van der Waals surface area contributed by atoms with Gasteiger partial charge in [0.15, 0.2) is 0 Å². The van der Waals surface area contributed by atoms with Gasteiger partial charge in [-0.25, -0.2) is 0 Å². The van der Waals surface area contributed by atoms with Crippen molar-refractivity contribution in [1.29, 1.82) is 0 Å². The molecule has 0 saturated carbocycles. The predicted octanol–water partition coefficient (Wildman–Crippen LogP) is 0.636. The van der Waals surface area contributed by atoms with Crippen molar-refractivity contribution in [2.75, 3.05) is 0 Å². The molecule has 0 heterocycles. The monoisotopic (exact) mass is 266 g/mol. The molecule has 0 spiro atoms. The third-order valence-electron chi connectivity index (χ3n) is 3.13. The number of nitrogens with two attached hydrogens (primary N) is 1. The second-order valence-corrected chi connectivity index (χ2v) is 7.12. The van der Waals surface area contributed by atoms with Crippen LogP contribution in [-0.2, 0) is 9.36 Å². The molecule has 0 radical (unpaired) electrons. The zero-order chi connectivity index (χ0) is 14.0. The Hall–Kier alpha value is -0.420. The molecular formula is C10H23N2O4P. The van der Waals surface area contributed by atoms with Crippen LogP contribution in [0.2, 0.25) is 0 Å². The molecule has 0 fully saturated rings. The van der Waals surface area contributed by atoms with Crippen LogP contribution in [0.1, 0.15) is 34.6 Å². The number of carbonyl (C=O) groups is 1. The van der Waals surface area contributed by atoms with E-state index in [1.54, 1.807) is 27.7 Å². The minimum absolute atomic E-state index is 0.0943. The molecule has 0 aliphatic heterocycles. The Balaban J connectivity index is 5.05. The highest BCUT2D eigenvalue weighted by Crippen LogP contribution is 2.52. The van der Waals surface area contributed by atoms with Crippen molar-refractivity contribution < 1.29 is 19.1 Å². The Kier molecular flexibility index (Phi) is 5.35. The molecule has 0 aliphatic rings. The molecule has 17 heavy (non-hydrogen) atoms. The highest BCUT2D eigenvalue weighted by Gasteiger charge is 2.47. The van der Waals surface area contributed by atoms with E-state index in [9.17, 15) is 19.1 Å². The van der Waals surface area contributed by atoms with Crippen molar-refractivity contribution >= 4 is 13.5 Å². The fourth-order valence-corrected chi connectivity index (χ4v) is 2.12. The highest BCUT2D eigenvalue weighted by molar-refractivity contribution is 7.53. The molecule has 0 bridgehead atoms. The lowest BCUT2D eigenvalue weighted by Crippen LogP contribution is -2.55. The zero-order valence-corrected chi connectivity index (χ0v) is 11.9. The van der Waals surface area contributed by atoms with Crippen molar-refractivity contribution in [2.24, 2.45) is 17.6 Å². The van der Waals surface area contributed by atoms with Gasteiger partial charge in [0.25, 0.3) is 0 Å². The van der Waals surface area contributed by atoms with Crippen LogP contribution < -0.4 is 11.1 Å². The van der Waals surface area contributed by atoms with E-state index in [4.69, 9.17) is 5.73 Å². The Morgan fingerprint density at radius 1 is 1.29 bits per heavy atom. The maximum absolute atomic E-state index is 11.8. The van der Waals surface area contributed by atoms with E-state index in [1.165, 1.54) is 6.92 Å². The summed E-state index contributed by atoms with van der Waals surface area (Å²) in [4.78, 5) is 30.4. The molecule has 1 unspecified atom stereocenters. The smallest absolute Gasteiger partial charge is 0.338 e. The van der Waals surface area contributed by atoms with E-state index in [-0.39, 0.29) is 5.92 Å². The van der Waals surface area contributed by atoms with Crippen molar-refractivity contribution in [2.45, 2.75) is 45.9 Å². The molecule has 5 N–H and O–H groups in total. The summed E-state index contributed by atoms with van der Waals surface area (Å²) >= 11 is 0. The van der Waals surface area contributed by atoms with Gasteiger partial charge in [-0.2, -0.15) is 0 Å². The van der Waals surface area contributed by atoms with E-state index in [2.05, 4.69) is 5.32 Å². The van der Waals surface area contributed by atoms with Crippen molar-refractivity contribution in [1.82, 2.24) is 5.32 Å². The molecule has 0 aliphatic carbocycles. The number of carbonyl (C=O) groups excluding carboxylic acids is 1. The lowest BCUT2D eigenvalue weighted by Gasteiger charge is -2.36. The van der Waals surface area contributed by atoms with Crippen LogP contribution in [0.25, 0.3) is 0 Å². The first-order valence-corrected chi connectivity index (χ1v) is 7.18. The first kappa shape index (κ1) is 16.6. The zero-order valence-electron chi connectivity index (χ0n) is 11.0. The van der Waals surface area contributed by atoms with Gasteiger partial charge in [0.2, 0.25) is 5.91 Å². The molecule has 0 saturated heterocycles. The highest BCUT2D eigenvalue weighted by atomic mass is 31.2. The number of amides is 1.